The lowest BCUT2D eigenvalue weighted by Gasteiger charge is -2.16. The van der Waals surface area contributed by atoms with Crippen molar-refractivity contribution in [2.45, 2.75) is 19.1 Å². The SMILES string of the molecule is O=C1CC(O)CN1Cc1cccc2c1OCO2. The molecule has 2 aliphatic heterocycles. The van der Waals surface area contributed by atoms with Crippen LogP contribution in [0.3, 0.4) is 0 Å². The average molecular weight is 235 g/mol. The summed E-state index contributed by atoms with van der Waals surface area (Å²) in [5.41, 5.74) is 0.919. The maximum Gasteiger partial charge on any atom is 0.231 e. The van der Waals surface area contributed by atoms with Crippen molar-refractivity contribution in [3.05, 3.63) is 23.8 Å². The third-order valence-electron chi connectivity index (χ3n) is 3.03. The van der Waals surface area contributed by atoms with Crippen LogP contribution in [0.25, 0.3) is 0 Å². The number of hydrogen-bond donors (Lipinski definition) is 1. The highest BCUT2D eigenvalue weighted by atomic mass is 16.7. The first-order valence-corrected chi connectivity index (χ1v) is 5.57. The Morgan fingerprint density at radius 1 is 1.41 bits per heavy atom. The van der Waals surface area contributed by atoms with Gasteiger partial charge in [0.2, 0.25) is 12.7 Å². The number of aliphatic hydroxyl groups excluding tert-OH is 1. The van der Waals surface area contributed by atoms with E-state index in [0.29, 0.717) is 18.8 Å². The zero-order chi connectivity index (χ0) is 11.8. The van der Waals surface area contributed by atoms with Crippen LogP contribution in [0.2, 0.25) is 0 Å². The highest BCUT2D eigenvalue weighted by molar-refractivity contribution is 5.79. The lowest BCUT2D eigenvalue weighted by Crippen LogP contribution is -2.25. The normalized spacial score (nSPS) is 22.3. The predicted molar refractivity (Wildman–Crippen MR) is 58.6 cm³/mol. The van der Waals surface area contributed by atoms with Gasteiger partial charge in [-0.25, -0.2) is 0 Å². The number of nitrogens with zero attached hydrogens (tertiary/aromatic N) is 1. The van der Waals surface area contributed by atoms with Gasteiger partial charge in [0.25, 0.3) is 0 Å². The van der Waals surface area contributed by atoms with E-state index in [-0.39, 0.29) is 19.1 Å². The van der Waals surface area contributed by atoms with Crippen LogP contribution in [0.15, 0.2) is 18.2 Å². The second-order valence-electron chi connectivity index (χ2n) is 4.28. The Morgan fingerprint density at radius 2 is 2.29 bits per heavy atom. The van der Waals surface area contributed by atoms with Gasteiger partial charge in [-0.15, -0.1) is 0 Å². The smallest absolute Gasteiger partial charge is 0.231 e. The first kappa shape index (κ1) is 10.4. The van der Waals surface area contributed by atoms with Crippen molar-refractivity contribution in [3.63, 3.8) is 0 Å². The van der Waals surface area contributed by atoms with Crippen molar-refractivity contribution in [2.24, 2.45) is 0 Å². The number of carbonyl (C=O) groups excluding carboxylic acids is 1. The zero-order valence-corrected chi connectivity index (χ0v) is 9.26. The number of rotatable bonds is 2. The molecule has 0 radical (unpaired) electrons. The molecule has 3 rings (SSSR count). The van der Waals surface area contributed by atoms with Crippen LogP contribution in [0.4, 0.5) is 0 Å². The molecule has 90 valence electrons. The van der Waals surface area contributed by atoms with E-state index in [1.54, 1.807) is 4.90 Å². The van der Waals surface area contributed by atoms with E-state index >= 15 is 0 Å². The first-order valence-electron chi connectivity index (χ1n) is 5.57. The number of benzene rings is 1. The van der Waals surface area contributed by atoms with Crippen molar-refractivity contribution in [1.29, 1.82) is 0 Å². The Bertz CT molecular complexity index is 460. The third-order valence-corrected chi connectivity index (χ3v) is 3.03. The molecular weight excluding hydrogens is 222 g/mol. The molecule has 1 aromatic rings. The molecule has 0 bridgehead atoms. The fraction of sp³-hybridized carbons (Fsp3) is 0.417. The van der Waals surface area contributed by atoms with Gasteiger partial charge in [0, 0.05) is 18.7 Å². The summed E-state index contributed by atoms with van der Waals surface area (Å²) in [5.74, 6) is 1.41. The Labute approximate surface area is 98.6 Å². The summed E-state index contributed by atoms with van der Waals surface area (Å²) in [6.07, 6.45) is -0.330. The van der Waals surface area contributed by atoms with E-state index in [1.807, 2.05) is 18.2 Å². The van der Waals surface area contributed by atoms with Gasteiger partial charge in [-0.3, -0.25) is 4.79 Å². The van der Waals surface area contributed by atoms with Crippen LogP contribution in [0, 0.1) is 0 Å². The van der Waals surface area contributed by atoms with Crippen LogP contribution < -0.4 is 9.47 Å². The molecule has 0 saturated carbocycles. The molecule has 5 nitrogen and oxygen atoms in total. The number of likely N-dealkylation sites (tertiary alicyclic amines) is 1. The van der Waals surface area contributed by atoms with Gasteiger partial charge in [0.05, 0.1) is 12.5 Å². The lowest BCUT2D eigenvalue weighted by atomic mass is 10.2. The maximum atomic E-state index is 11.6. The number of hydrogen-bond acceptors (Lipinski definition) is 4. The molecule has 17 heavy (non-hydrogen) atoms. The average Bonchev–Trinajstić information content (AvgIpc) is 2.87. The lowest BCUT2D eigenvalue weighted by molar-refractivity contribution is -0.128. The Hall–Kier alpha value is -1.75. The topological polar surface area (TPSA) is 59.0 Å². The van der Waals surface area contributed by atoms with Gasteiger partial charge in [-0.1, -0.05) is 12.1 Å². The van der Waals surface area contributed by atoms with E-state index in [0.717, 1.165) is 11.3 Å². The summed E-state index contributed by atoms with van der Waals surface area (Å²) < 4.78 is 10.7. The van der Waals surface area contributed by atoms with Gasteiger partial charge in [0.1, 0.15) is 0 Å². The summed E-state index contributed by atoms with van der Waals surface area (Å²) in [6.45, 7) is 1.08. The number of ether oxygens (including phenoxy) is 2. The summed E-state index contributed by atoms with van der Waals surface area (Å²) in [5, 5.41) is 9.42. The van der Waals surface area contributed by atoms with E-state index in [2.05, 4.69) is 0 Å². The van der Waals surface area contributed by atoms with E-state index in [4.69, 9.17) is 9.47 Å². The van der Waals surface area contributed by atoms with Crippen molar-refractivity contribution in [1.82, 2.24) is 4.90 Å². The number of carbonyl (C=O) groups is 1. The molecule has 0 spiro atoms. The second-order valence-corrected chi connectivity index (χ2v) is 4.28. The van der Waals surface area contributed by atoms with Crippen LogP contribution >= 0.6 is 0 Å². The second kappa shape index (κ2) is 3.92. The van der Waals surface area contributed by atoms with Crippen molar-refractivity contribution >= 4 is 5.91 Å². The highest BCUT2D eigenvalue weighted by Crippen LogP contribution is 2.36. The largest absolute Gasteiger partial charge is 0.454 e. The maximum absolute atomic E-state index is 11.6. The number of amides is 1. The molecule has 2 aliphatic rings. The Morgan fingerprint density at radius 3 is 3.06 bits per heavy atom. The van der Waals surface area contributed by atoms with Gasteiger partial charge in [-0.05, 0) is 6.07 Å². The monoisotopic (exact) mass is 235 g/mol. The molecule has 1 N–H and O–H groups in total. The number of para-hydroxylation sites is 1. The van der Waals surface area contributed by atoms with Gasteiger partial charge in [0.15, 0.2) is 11.5 Å². The van der Waals surface area contributed by atoms with Crippen LogP contribution in [-0.4, -0.2) is 35.4 Å². The predicted octanol–water partition coefficient (Wildman–Crippen LogP) is 0.508. The molecule has 5 heteroatoms. The Balaban J connectivity index is 1.82. The number of aliphatic hydroxyl groups is 1. The fourth-order valence-electron chi connectivity index (χ4n) is 2.22. The molecule has 1 atom stereocenters. The number of β-amino-alcohol motifs (C(OH)–C–C–N with tert-alkyl or cyclic N) is 1. The molecule has 2 heterocycles. The molecule has 1 saturated heterocycles. The molecule has 1 fully saturated rings. The van der Waals surface area contributed by atoms with Crippen LogP contribution in [0.1, 0.15) is 12.0 Å². The molecule has 1 unspecified atom stereocenters. The third kappa shape index (κ3) is 1.82. The minimum absolute atomic E-state index is 0.0194. The summed E-state index contributed by atoms with van der Waals surface area (Å²) in [4.78, 5) is 13.2. The van der Waals surface area contributed by atoms with Crippen molar-refractivity contribution in [3.8, 4) is 11.5 Å². The quantitative estimate of drug-likeness (QED) is 0.811. The standard InChI is InChI=1S/C12H13NO4/c14-9-4-11(15)13(6-9)5-8-2-1-3-10-12(8)17-7-16-10/h1-3,9,14H,4-7H2. The van der Waals surface area contributed by atoms with Crippen molar-refractivity contribution < 1.29 is 19.4 Å². The minimum atomic E-state index is -0.545. The minimum Gasteiger partial charge on any atom is -0.454 e. The van der Waals surface area contributed by atoms with Gasteiger partial charge in [-0.2, -0.15) is 0 Å². The Kier molecular flexibility index (Phi) is 2.40. The van der Waals surface area contributed by atoms with Gasteiger partial charge < -0.3 is 19.5 Å². The van der Waals surface area contributed by atoms with Gasteiger partial charge >= 0.3 is 0 Å². The van der Waals surface area contributed by atoms with Crippen LogP contribution in [0.5, 0.6) is 11.5 Å². The fourth-order valence-corrected chi connectivity index (χ4v) is 2.22. The number of fused-ring (bicyclic) bond motifs is 1. The first-order chi connectivity index (χ1) is 8.24. The molecule has 1 aromatic carbocycles. The molecule has 0 aliphatic carbocycles. The molecule has 0 aromatic heterocycles. The van der Waals surface area contributed by atoms with E-state index in [1.165, 1.54) is 0 Å². The van der Waals surface area contributed by atoms with E-state index < -0.39 is 6.10 Å². The summed E-state index contributed by atoms with van der Waals surface area (Å²) >= 11 is 0. The summed E-state index contributed by atoms with van der Waals surface area (Å²) in [7, 11) is 0. The molecular formula is C12H13NO4. The van der Waals surface area contributed by atoms with Crippen molar-refractivity contribution in [2.75, 3.05) is 13.3 Å². The summed E-state index contributed by atoms with van der Waals surface area (Å²) in [6, 6.07) is 5.62. The highest BCUT2D eigenvalue weighted by Gasteiger charge is 2.29. The van der Waals surface area contributed by atoms with Crippen LogP contribution in [-0.2, 0) is 11.3 Å². The zero-order valence-electron chi connectivity index (χ0n) is 9.26. The molecule has 1 amide bonds. The van der Waals surface area contributed by atoms with E-state index in [9.17, 15) is 9.90 Å².